The van der Waals surface area contributed by atoms with Crippen LogP contribution in [0.5, 0.6) is 0 Å². The average Bonchev–Trinajstić information content (AvgIpc) is 3.16. The van der Waals surface area contributed by atoms with E-state index >= 15 is 0 Å². The number of hydrogen-bond donors (Lipinski definition) is 1. The molecule has 104 valence electrons. The van der Waals surface area contributed by atoms with Crippen molar-refractivity contribution >= 4 is 5.91 Å². The van der Waals surface area contributed by atoms with Crippen molar-refractivity contribution in [2.45, 2.75) is 57.7 Å². The molecule has 2 rings (SSSR count). The number of amides is 1. The fraction of sp³-hybridized carbons (Fsp3) is 0.929. The molecule has 0 aromatic carbocycles. The minimum absolute atomic E-state index is 0.284. The van der Waals surface area contributed by atoms with Crippen LogP contribution in [0.3, 0.4) is 0 Å². The molecule has 2 atom stereocenters. The van der Waals surface area contributed by atoms with Crippen LogP contribution in [0.1, 0.15) is 39.5 Å². The van der Waals surface area contributed by atoms with Crippen LogP contribution in [0, 0.1) is 0 Å². The van der Waals surface area contributed by atoms with Crippen LogP contribution in [0.4, 0.5) is 0 Å². The van der Waals surface area contributed by atoms with Gasteiger partial charge in [0.05, 0.1) is 6.54 Å². The van der Waals surface area contributed by atoms with E-state index in [9.17, 15) is 4.79 Å². The number of carbonyl (C=O) groups is 1. The van der Waals surface area contributed by atoms with Gasteiger partial charge in [-0.2, -0.15) is 0 Å². The Morgan fingerprint density at radius 1 is 1.39 bits per heavy atom. The second-order valence-corrected chi connectivity index (χ2v) is 5.84. The zero-order valence-corrected chi connectivity index (χ0v) is 12.0. The quantitative estimate of drug-likeness (QED) is 0.796. The lowest BCUT2D eigenvalue weighted by molar-refractivity contribution is -0.130. The third-order valence-electron chi connectivity index (χ3n) is 4.40. The highest BCUT2D eigenvalue weighted by Gasteiger charge is 2.31. The maximum atomic E-state index is 12.1. The van der Waals surface area contributed by atoms with E-state index in [1.165, 1.54) is 12.8 Å². The number of piperidine rings is 1. The van der Waals surface area contributed by atoms with Gasteiger partial charge in [0, 0.05) is 24.7 Å². The summed E-state index contributed by atoms with van der Waals surface area (Å²) >= 11 is 0. The summed E-state index contributed by atoms with van der Waals surface area (Å²) in [6.07, 6.45) is 4.71. The highest BCUT2D eigenvalue weighted by Crippen LogP contribution is 2.26. The molecule has 1 saturated heterocycles. The van der Waals surface area contributed by atoms with Gasteiger partial charge in [0.15, 0.2) is 0 Å². The van der Waals surface area contributed by atoms with Crippen molar-refractivity contribution in [1.82, 2.24) is 15.1 Å². The van der Waals surface area contributed by atoms with E-state index in [4.69, 9.17) is 0 Å². The predicted octanol–water partition coefficient (Wildman–Crippen LogP) is 1.07. The van der Waals surface area contributed by atoms with Gasteiger partial charge in [-0.3, -0.25) is 4.79 Å². The number of hydrogen-bond acceptors (Lipinski definition) is 3. The normalized spacial score (nSPS) is 29.3. The van der Waals surface area contributed by atoms with Crippen molar-refractivity contribution in [2.75, 3.05) is 26.7 Å². The van der Waals surface area contributed by atoms with E-state index in [-0.39, 0.29) is 5.91 Å². The Morgan fingerprint density at radius 3 is 2.67 bits per heavy atom. The van der Waals surface area contributed by atoms with Crippen molar-refractivity contribution in [3.05, 3.63) is 0 Å². The molecule has 1 aliphatic heterocycles. The molecule has 18 heavy (non-hydrogen) atoms. The van der Waals surface area contributed by atoms with Gasteiger partial charge in [0.2, 0.25) is 5.91 Å². The van der Waals surface area contributed by atoms with Gasteiger partial charge < -0.3 is 15.1 Å². The summed E-state index contributed by atoms with van der Waals surface area (Å²) in [7, 11) is 2.18. The van der Waals surface area contributed by atoms with Gasteiger partial charge in [0.1, 0.15) is 0 Å². The molecule has 2 unspecified atom stereocenters. The first-order valence-corrected chi connectivity index (χ1v) is 7.35. The molecule has 1 heterocycles. The van der Waals surface area contributed by atoms with Gasteiger partial charge in [-0.1, -0.05) is 0 Å². The number of likely N-dealkylation sites (N-methyl/N-ethyl adjacent to an activating group) is 1. The Hall–Kier alpha value is -0.610. The Bertz CT molecular complexity index is 291. The van der Waals surface area contributed by atoms with Gasteiger partial charge >= 0.3 is 0 Å². The molecule has 0 radical (unpaired) electrons. The SMILES string of the molecule is CCN(C(=O)CNC1CCN(C)C(C)C1)C1CC1. The van der Waals surface area contributed by atoms with Gasteiger partial charge in [0.25, 0.3) is 0 Å². The first kappa shape index (κ1) is 13.8. The third kappa shape index (κ3) is 3.45. The van der Waals surface area contributed by atoms with E-state index in [1.807, 2.05) is 4.90 Å². The lowest BCUT2D eigenvalue weighted by Gasteiger charge is -2.35. The summed E-state index contributed by atoms with van der Waals surface area (Å²) in [5.41, 5.74) is 0. The van der Waals surface area contributed by atoms with E-state index in [1.54, 1.807) is 0 Å². The molecule has 4 heteroatoms. The summed E-state index contributed by atoms with van der Waals surface area (Å²) < 4.78 is 0. The van der Waals surface area contributed by atoms with Crippen molar-refractivity contribution in [1.29, 1.82) is 0 Å². The minimum atomic E-state index is 0.284. The third-order valence-corrected chi connectivity index (χ3v) is 4.40. The fourth-order valence-electron chi connectivity index (χ4n) is 2.83. The molecule has 0 aromatic heterocycles. The maximum absolute atomic E-state index is 12.1. The van der Waals surface area contributed by atoms with E-state index in [2.05, 4.69) is 31.1 Å². The van der Waals surface area contributed by atoms with Crippen LogP contribution < -0.4 is 5.32 Å². The van der Waals surface area contributed by atoms with E-state index < -0.39 is 0 Å². The highest BCUT2D eigenvalue weighted by molar-refractivity contribution is 5.78. The number of likely N-dealkylation sites (tertiary alicyclic amines) is 1. The molecule has 2 aliphatic rings. The first-order chi connectivity index (χ1) is 8.61. The van der Waals surface area contributed by atoms with Crippen molar-refractivity contribution in [3.63, 3.8) is 0 Å². The van der Waals surface area contributed by atoms with Crippen molar-refractivity contribution in [3.8, 4) is 0 Å². The average molecular weight is 253 g/mol. The molecule has 1 saturated carbocycles. The minimum Gasteiger partial charge on any atom is -0.339 e. The second kappa shape index (κ2) is 6.02. The zero-order chi connectivity index (χ0) is 13.1. The Labute approximate surface area is 111 Å². The molecule has 0 aromatic rings. The summed E-state index contributed by atoms with van der Waals surface area (Å²) in [5.74, 6) is 0.284. The summed E-state index contributed by atoms with van der Waals surface area (Å²) in [4.78, 5) is 16.5. The Kier molecular flexibility index (Phi) is 4.62. The monoisotopic (exact) mass is 253 g/mol. The zero-order valence-electron chi connectivity index (χ0n) is 12.0. The summed E-state index contributed by atoms with van der Waals surface area (Å²) in [6.45, 7) is 6.85. The smallest absolute Gasteiger partial charge is 0.236 e. The number of carbonyl (C=O) groups excluding carboxylic acids is 1. The number of nitrogens with one attached hydrogen (secondary N) is 1. The largest absolute Gasteiger partial charge is 0.339 e. The molecule has 2 fully saturated rings. The maximum Gasteiger partial charge on any atom is 0.236 e. The van der Waals surface area contributed by atoms with Crippen LogP contribution in [0.25, 0.3) is 0 Å². The molecule has 1 aliphatic carbocycles. The number of rotatable bonds is 5. The molecule has 0 spiro atoms. The standard InChI is InChI=1S/C14H27N3O/c1-4-17(13-5-6-13)14(18)10-15-12-7-8-16(3)11(2)9-12/h11-13,15H,4-10H2,1-3H3. The number of nitrogens with zero attached hydrogens (tertiary/aromatic N) is 2. The Balaban J connectivity index is 1.72. The van der Waals surface area contributed by atoms with Crippen LogP contribution in [-0.2, 0) is 4.79 Å². The predicted molar refractivity (Wildman–Crippen MR) is 73.5 cm³/mol. The van der Waals surface area contributed by atoms with E-state index in [0.717, 1.165) is 25.9 Å². The van der Waals surface area contributed by atoms with Crippen molar-refractivity contribution < 1.29 is 4.79 Å². The van der Waals surface area contributed by atoms with Crippen molar-refractivity contribution in [2.24, 2.45) is 0 Å². The lowest BCUT2D eigenvalue weighted by Crippen LogP contribution is -2.48. The van der Waals surface area contributed by atoms with Gasteiger partial charge in [-0.15, -0.1) is 0 Å². The molecule has 4 nitrogen and oxygen atoms in total. The second-order valence-electron chi connectivity index (χ2n) is 5.84. The topological polar surface area (TPSA) is 35.6 Å². The van der Waals surface area contributed by atoms with Crippen LogP contribution in [0.15, 0.2) is 0 Å². The first-order valence-electron chi connectivity index (χ1n) is 7.35. The van der Waals surface area contributed by atoms with Crippen LogP contribution in [-0.4, -0.2) is 60.5 Å². The molecular weight excluding hydrogens is 226 g/mol. The molecular formula is C14H27N3O. The van der Waals surface area contributed by atoms with Crippen LogP contribution >= 0.6 is 0 Å². The summed E-state index contributed by atoms with van der Waals surface area (Å²) in [5, 5.41) is 3.45. The fourth-order valence-corrected chi connectivity index (χ4v) is 2.83. The van der Waals surface area contributed by atoms with Crippen LogP contribution in [0.2, 0.25) is 0 Å². The molecule has 1 N–H and O–H groups in total. The summed E-state index contributed by atoms with van der Waals surface area (Å²) in [6, 6.07) is 1.68. The lowest BCUT2D eigenvalue weighted by atomic mass is 9.99. The Morgan fingerprint density at radius 2 is 2.11 bits per heavy atom. The highest BCUT2D eigenvalue weighted by atomic mass is 16.2. The van der Waals surface area contributed by atoms with E-state index in [0.29, 0.717) is 24.7 Å². The molecule has 1 amide bonds. The molecule has 0 bridgehead atoms. The van der Waals surface area contributed by atoms with Gasteiger partial charge in [-0.25, -0.2) is 0 Å². The van der Waals surface area contributed by atoms with Gasteiger partial charge in [-0.05, 0) is 53.1 Å².